The summed E-state index contributed by atoms with van der Waals surface area (Å²) in [5, 5.41) is 3.51. The molecule has 0 unspecified atom stereocenters. The predicted molar refractivity (Wildman–Crippen MR) is 125 cm³/mol. The second-order valence-corrected chi connectivity index (χ2v) is 11.6. The van der Waals surface area contributed by atoms with Gasteiger partial charge in [-0.3, -0.25) is 9.69 Å². The maximum Gasteiger partial charge on any atom is 0.226 e. The molecule has 4 saturated carbocycles. The zero-order chi connectivity index (χ0) is 21.0. The lowest BCUT2D eigenvalue weighted by atomic mass is 9.49. The monoisotopic (exact) mass is 421 g/mol. The fraction of sp³-hybridized carbons (Fsp3) is 0.741. The Balaban J connectivity index is 1.21. The molecule has 7 rings (SSSR count). The third-order valence-corrected chi connectivity index (χ3v) is 9.40. The fourth-order valence-electron chi connectivity index (χ4n) is 8.29. The minimum atomic E-state index is -0.0388. The smallest absolute Gasteiger partial charge is 0.226 e. The molecular formula is C27H39N3O. The lowest BCUT2D eigenvalue weighted by Gasteiger charge is -2.55. The van der Waals surface area contributed by atoms with Gasteiger partial charge in [0.1, 0.15) is 0 Å². The van der Waals surface area contributed by atoms with E-state index >= 15 is 0 Å². The highest BCUT2D eigenvalue weighted by Gasteiger charge is 2.54. The second kappa shape index (κ2) is 7.79. The number of nitrogens with zero attached hydrogens (tertiary/aromatic N) is 2. The molecule has 1 aromatic rings. The van der Waals surface area contributed by atoms with Gasteiger partial charge in [-0.25, -0.2) is 0 Å². The molecule has 4 heteroatoms. The molecule has 1 N–H and O–H groups in total. The van der Waals surface area contributed by atoms with Gasteiger partial charge in [-0.15, -0.1) is 0 Å². The van der Waals surface area contributed by atoms with E-state index in [0.29, 0.717) is 11.9 Å². The maximum absolute atomic E-state index is 13.6. The molecule has 4 bridgehead atoms. The molecule has 1 aromatic carbocycles. The standard InChI is InChI=1S/C27H39N3O/c1-29-8-4-5-22-14-23(6-7-24(22)29)25(30-9-2-3-10-30)18-28-26(31)27-15-19-11-20(16-27)13-21(12-19)17-27/h6-7,14,19-21,25H,2-5,8-13,15-18H2,1H3,(H,28,31)/t19?,20?,21?,25-,27?/m1/s1. The molecule has 5 fully saturated rings. The van der Waals surface area contributed by atoms with E-state index in [1.165, 1.54) is 61.8 Å². The van der Waals surface area contributed by atoms with Crippen molar-refractivity contribution in [3.8, 4) is 0 Å². The van der Waals surface area contributed by atoms with Crippen LogP contribution in [0.3, 0.4) is 0 Å². The summed E-state index contributed by atoms with van der Waals surface area (Å²) in [5.41, 5.74) is 4.25. The Labute approximate surface area is 187 Å². The Bertz CT molecular complexity index is 808. The molecule has 1 atom stereocenters. The van der Waals surface area contributed by atoms with Gasteiger partial charge in [-0.05, 0) is 112 Å². The first-order valence-corrected chi connectivity index (χ1v) is 13.0. The lowest BCUT2D eigenvalue weighted by molar-refractivity contribution is -0.146. The number of carbonyl (C=O) groups excluding carboxylic acids is 1. The topological polar surface area (TPSA) is 35.6 Å². The molecule has 168 valence electrons. The van der Waals surface area contributed by atoms with Crippen molar-refractivity contribution in [2.24, 2.45) is 23.2 Å². The van der Waals surface area contributed by atoms with Gasteiger partial charge in [0.15, 0.2) is 0 Å². The van der Waals surface area contributed by atoms with Crippen LogP contribution in [0.4, 0.5) is 5.69 Å². The Morgan fingerprint density at radius 2 is 1.71 bits per heavy atom. The highest BCUT2D eigenvalue weighted by Crippen LogP contribution is 2.60. The lowest BCUT2D eigenvalue weighted by Crippen LogP contribution is -2.54. The number of rotatable bonds is 5. The van der Waals surface area contributed by atoms with Crippen molar-refractivity contribution in [2.75, 3.05) is 38.1 Å². The molecule has 4 aliphatic carbocycles. The molecule has 1 amide bonds. The van der Waals surface area contributed by atoms with E-state index in [1.807, 2.05) is 0 Å². The Morgan fingerprint density at radius 1 is 1.03 bits per heavy atom. The van der Waals surface area contributed by atoms with Crippen LogP contribution in [0.2, 0.25) is 0 Å². The maximum atomic E-state index is 13.6. The number of nitrogens with one attached hydrogen (secondary N) is 1. The van der Waals surface area contributed by atoms with Crippen LogP contribution >= 0.6 is 0 Å². The number of hydrogen-bond acceptors (Lipinski definition) is 3. The number of benzene rings is 1. The normalized spacial score (nSPS) is 35.3. The molecule has 31 heavy (non-hydrogen) atoms. The van der Waals surface area contributed by atoms with Crippen LogP contribution in [-0.2, 0) is 11.2 Å². The van der Waals surface area contributed by atoms with Crippen LogP contribution < -0.4 is 10.2 Å². The minimum absolute atomic E-state index is 0.0388. The number of anilines is 1. The van der Waals surface area contributed by atoms with E-state index < -0.39 is 0 Å². The fourth-order valence-corrected chi connectivity index (χ4v) is 8.29. The first kappa shape index (κ1) is 20.1. The molecule has 1 saturated heterocycles. The molecule has 2 heterocycles. The number of carbonyl (C=O) groups is 1. The van der Waals surface area contributed by atoms with Gasteiger partial charge in [-0.2, -0.15) is 0 Å². The van der Waals surface area contributed by atoms with Gasteiger partial charge in [-0.1, -0.05) is 12.1 Å². The molecule has 0 spiro atoms. The third kappa shape index (κ3) is 3.59. The number of fused-ring (bicyclic) bond motifs is 1. The van der Waals surface area contributed by atoms with Gasteiger partial charge in [0, 0.05) is 31.2 Å². The zero-order valence-electron chi connectivity index (χ0n) is 19.2. The van der Waals surface area contributed by atoms with Crippen molar-refractivity contribution in [1.29, 1.82) is 0 Å². The van der Waals surface area contributed by atoms with E-state index in [1.54, 1.807) is 0 Å². The molecular weight excluding hydrogens is 382 g/mol. The van der Waals surface area contributed by atoms with E-state index in [9.17, 15) is 4.79 Å². The van der Waals surface area contributed by atoms with Gasteiger partial charge in [0.25, 0.3) is 0 Å². The number of likely N-dealkylation sites (tertiary alicyclic amines) is 1. The van der Waals surface area contributed by atoms with Gasteiger partial charge < -0.3 is 10.2 Å². The summed E-state index contributed by atoms with van der Waals surface area (Å²) < 4.78 is 0. The molecule has 4 nitrogen and oxygen atoms in total. The van der Waals surface area contributed by atoms with Crippen molar-refractivity contribution in [1.82, 2.24) is 10.2 Å². The van der Waals surface area contributed by atoms with Gasteiger partial charge in [0.05, 0.1) is 6.04 Å². The largest absolute Gasteiger partial charge is 0.374 e. The van der Waals surface area contributed by atoms with Crippen molar-refractivity contribution < 1.29 is 4.79 Å². The number of amides is 1. The average molecular weight is 422 g/mol. The van der Waals surface area contributed by atoms with Crippen LogP contribution in [0.5, 0.6) is 0 Å². The third-order valence-electron chi connectivity index (χ3n) is 9.40. The van der Waals surface area contributed by atoms with E-state index in [2.05, 4.69) is 40.4 Å². The molecule has 0 radical (unpaired) electrons. The first-order valence-electron chi connectivity index (χ1n) is 13.0. The van der Waals surface area contributed by atoms with Crippen LogP contribution in [0.25, 0.3) is 0 Å². The first-order chi connectivity index (χ1) is 15.1. The van der Waals surface area contributed by atoms with E-state index in [4.69, 9.17) is 0 Å². The highest BCUT2D eigenvalue weighted by molar-refractivity contribution is 5.83. The van der Waals surface area contributed by atoms with E-state index in [0.717, 1.165) is 63.2 Å². The summed E-state index contributed by atoms with van der Waals surface area (Å²) in [6, 6.07) is 7.43. The number of hydrogen-bond donors (Lipinski definition) is 1. The van der Waals surface area contributed by atoms with Crippen molar-refractivity contribution >= 4 is 11.6 Å². The van der Waals surface area contributed by atoms with Crippen molar-refractivity contribution in [2.45, 2.75) is 70.3 Å². The van der Waals surface area contributed by atoms with Crippen LogP contribution in [-0.4, -0.2) is 44.0 Å². The van der Waals surface area contributed by atoms with Crippen LogP contribution in [0.1, 0.15) is 75.0 Å². The molecule has 2 aliphatic heterocycles. The minimum Gasteiger partial charge on any atom is -0.374 e. The zero-order valence-corrected chi connectivity index (χ0v) is 19.2. The molecule has 6 aliphatic rings. The summed E-state index contributed by atoms with van der Waals surface area (Å²) >= 11 is 0. The predicted octanol–water partition coefficient (Wildman–Crippen LogP) is 4.54. The Hall–Kier alpha value is -1.55. The number of aryl methyl sites for hydroxylation is 1. The Kier molecular flexibility index (Phi) is 5.05. The average Bonchev–Trinajstić information content (AvgIpc) is 3.27. The SMILES string of the molecule is CN1CCCc2cc([C@@H](CNC(=O)C34CC5CC(CC(C5)C3)C4)N3CCCC3)ccc21. The van der Waals surface area contributed by atoms with Gasteiger partial charge >= 0.3 is 0 Å². The Morgan fingerprint density at radius 3 is 2.39 bits per heavy atom. The molecule has 0 aromatic heterocycles. The quantitative estimate of drug-likeness (QED) is 0.758. The summed E-state index contributed by atoms with van der Waals surface area (Å²) in [5.74, 6) is 2.85. The van der Waals surface area contributed by atoms with Crippen molar-refractivity contribution in [3.05, 3.63) is 29.3 Å². The van der Waals surface area contributed by atoms with E-state index in [-0.39, 0.29) is 5.41 Å². The summed E-state index contributed by atoms with van der Waals surface area (Å²) in [6.45, 7) is 4.25. The van der Waals surface area contributed by atoms with Crippen LogP contribution in [0, 0.1) is 23.2 Å². The van der Waals surface area contributed by atoms with Gasteiger partial charge in [0.2, 0.25) is 5.91 Å². The summed E-state index contributed by atoms with van der Waals surface area (Å²) in [4.78, 5) is 18.6. The van der Waals surface area contributed by atoms with Crippen LogP contribution in [0.15, 0.2) is 18.2 Å². The second-order valence-electron chi connectivity index (χ2n) is 11.6. The highest BCUT2D eigenvalue weighted by atomic mass is 16.2. The summed E-state index contributed by atoms with van der Waals surface area (Å²) in [6.07, 6.45) is 12.6. The summed E-state index contributed by atoms with van der Waals surface area (Å²) in [7, 11) is 2.21. The van der Waals surface area contributed by atoms with Crippen molar-refractivity contribution in [3.63, 3.8) is 0 Å².